The molecule has 0 saturated carbocycles. The third-order valence-electron chi connectivity index (χ3n) is 5.03. The Morgan fingerprint density at radius 3 is 2.43 bits per heavy atom. The maximum atomic E-state index is 10.6. The number of aliphatic carboxylic acids is 1. The number of hydrogen-bond acceptors (Lipinski definition) is 3. The average molecular weight is 385 g/mol. The van der Waals surface area contributed by atoms with E-state index in [2.05, 4.69) is 44.0 Å². The average Bonchev–Trinajstić information content (AvgIpc) is 2.63. The van der Waals surface area contributed by atoms with Crippen LogP contribution in [0.1, 0.15) is 59.3 Å². The van der Waals surface area contributed by atoms with Gasteiger partial charge < -0.3 is 10.8 Å². The number of unbranched alkanes of at least 4 members (excludes halogenated alkanes) is 1. The minimum absolute atomic E-state index is 0.285. The highest BCUT2D eigenvalue weighted by Crippen LogP contribution is 2.40. The monoisotopic (exact) mass is 384 g/mol. The van der Waals surface area contributed by atoms with Crippen LogP contribution in [0.25, 0.3) is 0 Å². The molecule has 0 radical (unpaired) electrons. The number of nitrogens with two attached hydrogens (primary N) is 1. The minimum atomic E-state index is -0.937. The number of allylic oxidation sites excluding steroid dienone is 10. The number of aliphatic imine (C=N–C) groups is 1. The van der Waals surface area contributed by atoms with Crippen molar-refractivity contribution in [2.45, 2.75) is 65.3 Å². The van der Waals surface area contributed by atoms with Crippen LogP contribution in [0.15, 0.2) is 64.7 Å². The molecule has 0 aromatic carbocycles. The zero-order chi connectivity index (χ0) is 20.8. The van der Waals surface area contributed by atoms with Crippen LogP contribution in [-0.2, 0) is 4.79 Å². The Balaban J connectivity index is 2.24. The van der Waals surface area contributed by atoms with E-state index < -0.39 is 12.0 Å². The van der Waals surface area contributed by atoms with E-state index in [0.717, 1.165) is 12.8 Å². The molecule has 0 saturated heterocycles. The van der Waals surface area contributed by atoms with Gasteiger partial charge in [-0.1, -0.05) is 62.0 Å². The third-order valence-corrected chi connectivity index (χ3v) is 5.03. The van der Waals surface area contributed by atoms with E-state index in [4.69, 9.17) is 10.8 Å². The first-order valence-corrected chi connectivity index (χ1v) is 10.2. The first-order chi connectivity index (χ1) is 13.3. The number of hydrogen-bond donors (Lipinski definition) is 2. The van der Waals surface area contributed by atoms with Gasteiger partial charge in [0.25, 0.3) is 0 Å². The molecule has 1 aliphatic rings. The molecule has 0 fully saturated rings. The second-order valence-electron chi connectivity index (χ2n) is 7.94. The fourth-order valence-corrected chi connectivity index (χ4v) is 3.36. The van der Waals surface area contributed by atoms with Crippen molar-refractivity contribution in [1.29, 1.82) is 0 Å². The van der Waals surface area contributed by atoms with E-state index in [0.29, 0.717) is 13.0 Å². The summed E-state index contributed by atoms with van der Waals surface area (Å²) in [6, 6.07) is -0.758. The fourth-order valence-electron chi connectivity index (χ4n) is 3.36. The Morgan fingerprint density at radius 1 is 1.14 bits per heavy atom. The first kappa shape index (κ1) is 23.8. The van der Waals surface area contributed by atoms with Crippen LogP contribution in [0, 0.1) is 5.41 Å². The quantitative estimate of drug-likeness (QED) is 0.285. The van der Waals surface area contributed by atoms with Crippen LogP contribution < -0.4 is 5.73 Å². The molecule has 0 unspecified atom stereocenters. The SMILES string of the molecule is CC1=C(/C=C/C=C/C=C/C=C/C=NCCCC[C@H](N)C(=O)O)C(C)(C)CCC1. The van der Waals surface area contributed by atoms with Crippen molar-refractivity contribution in [2.75, 3.05) is 6.54 Å². The predicted octanol–water partition coefficient (Wildman–Crippen LogP) is 5.39. The summed E-state index contributed by atoms with van der Waals surface area (Å²) in [5.41, 5.74) is 8.72. The van der Waals surface area contributed by atoms with Gasteiger partial charge in [-0.3, -0.25) is 9.79 Å². The molecule has 1 aliphatic carbocycles. The molecule has 0 bridgehead atoms. The van der Waals surface area contributed by atoms with E-state index in [1.807, 2.05) is 30.4 Å². The van der Waals surface area contributed by atoms with Crippen LogP contribution in [0.5, 0.6) is 0 Å². The van der Waals surface area contributed by atoms with Gasteiger partial charge in [0.05, 0.1) is 0 Å². The van der Waals surface area contributed by atoms with Gasteiger partial charge in [-0.25, -0.2) is 0 Å². The highest BCUT2D eigenvalue weighted by atomic mass is 16.4. The van der Waals surface area contributed by atoms with Gasteiger partial charge in [0, 0.05) is 12.8 Å². The number of nitrogens with zero attached hydrogens (tertiary/aromatic N) is 1. The summed E-state index contributed by atoms with van der Waals surface area (Å²) in [5, 5.41) is 8.68. The highest BCUT2D eigenvalue weighted by molar-refractivity contribution is 5.73. The maximum absolute atomic E-state index is 10.6. The molecule has 3 N–H and O–H groups in total. The van der Waals surface area contributed by atoms with E-state index in [-0.39, 0.29) is 5.41 Å². The van der Waals surface area contributed by atoms with E-state index in [9.17, 15) is 4.79 Å². The standard InChI is InChI=1S/C24H36N2O2/c1-20-14-13-17-24(2,3)21(20)15-9-7-5-4-6-8-11-18-26-19-12-10-16-22(25)23(27)28/h4-9,11,15,18,22H,10,12-14,16-17,19,25H2,1-3H3,(H,27,28)/b6-4+,7-5+,11-8+,15-9+,26-18?/t22-/m0/s1. The second-order valence-corrected chi connectivity index (χ2v) is 7.94. The predicted molar refractivity (Wildman–Crippen MR) is 120 cm³/mol. The van der Waals surface area contributed by atoms with Crippen LogP contribution in [0.2, 0.25) is 0 Å². The highest BCUT2D eigenvalue weighted by Gasteiger charge is 2.26. The Labute approximate surface area is 170 Å². The van der Waals surface area contributed by atoms with Gasteiger partial charge in [0.1, 0.15) is 6.04 Å². The molecular weight excluding hydrogens is 348 g/mol. The molecule has 0 heterocycles. The van der Waals surface area contributed by atoms with E-state index in [1.165, 1.54) is 30.4 Å². The summed E-state index contributed by atoms with van der Waals surface area (Å²) in [7, 11) is 0. The number of carboxylic acids is 1. The number of rotatable bonds is 11. The van der Waals surface area contributed by atoms with Crippen molar-refractivity contribution >= 4 is 12.2 Å². The van der Waals surface area contributed by atoms with Crippen LogP contribution in [-0.4, -0.2) is 29.9 Å². The normalized spacial score (nSPS) is 19.1. The Morgan fingerprint density at radius 2 is 1.79 bits per heavy atom. The number of carbonyl (C=O) groups is 1. The van der Waals surface area contributed by atoms with Gasteiger partial charge >= 0.3 is 5.97 Å². The lowest BCUT2D eigenvalue weighted by molar-refractivity contribution is -0.138. The van der Waals surface area contributed by atoms with Crippen molar-refractivity contribution in [1.82, 2.24) is 0 Å². The third kappa shape index (κ3) is 9.65. The van der Waals surface area contributed by atoms with Crippen molar-refractivity contribution in [2.24, 2.45) is 16.1 Å². The lowest BCUT2D eigenvalue weighted by Crippen LogP contribution is -2.29. The molecule has 4 nitrogen and oxygen atoms in total. The molecule has 0 amide bonds. The van der Waals surface area contributed by atoms with Crippen LogP contribution >= 0.6 is 0 Å². The van der Waals surface area contributed by atoms with Crippen LogP contribution in [0.3, 0.4) is 0 Å². The summed E-state index contributed by atoms with van der Waals surface area (Å²) in [6.45, 7) is 7.60. The summed E-state index contributed by atoms with van der Waals surface area (Å²) in [4.78, 5) is 14.8. The van der Waals surface area contributed by atoms with Crippen molar-refractivity contribution in [3.63, 3.8) is 0 Å². The van der Waals surface area contributed by atoms with Gasteiger partial charge in [-0.15, -0.1) is 0 Å². The van der Waals surface area contributed by atoms with Gasteiger partial charge in [0.2, 0.25) is 0 Å². The fraction of sp³-hybridized carbons (Fsp3) is 0.500. The van der Waals surface area contributed by atoms with Gasteiger partial charge in [-0.2, -0.15) is 0 Å². The van der Waals surface area contributed by atoms with Crippen molar-refractivity contribution in [3.05, 3.63) is 59.8 Å². The molecule has 0 aromatic heterocycles. The summed E-state index contributed by atoms with van der Waals surface area (Å²) in [5.74, 6) is -0.937. The van der Waals surface area contributed by atoms with E-state index >= 15 is 0 Å². The molecule has 28 heavy (non-hydrogen) atoms. The van der Waals surface area contributed by atoms with E-state index in [1.54, 1.807) is 6.21 Å². The topological polar surface area (TPSA) is 75.7 Å². The Kier molecular flexibility index (Phi) is 11.1. The molecule has 0 aromatic rings. The Hall–Kier alpha value is -2.20. The first-order valence-electron chi connectivity index (χ1n) is 10.2. The lowest BCUT2D eigenvalue weighted by atomic mass is 9.73. The van der Waals surface area contributed by atoms with Crippen LogP contribution in [0.4, 0.5) is 0 Å². The molecule has 1 atom stereocenters. The zero-order valence-corrected chi connectivity index (χ0v) is 17.6. The Bertz CT molecular complexity index is 664. The molecule has 154 valence electrons. The van der Waals surface area contributed by atoms with Gasteiger partial charge in [-0.05, 0) is 62.5 Å². The smallest absolute Gasteiger partial charge is 0.320 e. The zero-order valence-electron chi connectivity index (χ0n) is 17.6. The minimum Gasteiger partial charge on any atom is -0.480 e. The molecule has 0 aliphatic heterocycles. The molecule has 1 rings (SSSR count). The summed E-state index contributed by atoms with van der Waals surface area (Å²) in [6.07, 6.45) is 23.9. The number of carboxylic acid groups (broad SMARTS) is 1. The molecule has 0 spiro atoms. The summed E-state index contributed by atoms with van der Waals surface area (Å²) >= 11 is 0. The second kappa shape index (κ2) is 13.1. The van der Waals surface area contributed by atoms with Crippen molar-refractivity contribution < 1.29 is 9.90 Å². The van der Waals surface area contributed by atoms with Gasteiger partial charge in [0.15, 0.2) is 0 Å². The largest absolute Gasteiger partial charge is 0.480 e. The molecule has 4 heteroatoms. The lowest BCUT2D eigenvalue weighted by Gasteiger charge is -2.32. The summed E-state index contributed by atoms with van der Waals surface area (Å²) < 4.78 is 0. The van der Waals surface area contributed by atoms with Crippen molar-refractivity contribution in [3.8, 4) is 0 Å². The molecular formula is C24H36N2O2. The maximum Gasteiger partial charge on any atom is 0.320 e.